The van der Waals surface area contributed by atoms with Gasteiger partial charge in [-0.25, -0.2) is 0 Å². The molecule has 0 amide bonds. The molecule has 0 fully saturated rings. The number of hydrogen-bond donors (Lipinski definition) is 1. The Morgan fingerprint density at radius 2 is 2.11 bits per heavy atom. The van der Waals surface area contributed by atoms with E-state index in [1.807, 2.05) is 12.1 Å². The molecular weight excluding hydrogens is 246 g/mol. The topological polar surface area (TPSA) is 60.8 Å². The van der Waals surface area contributed by atoms with Crippen molar-refractivity contribution in [1.29, 1.82) is 0 Å². The first-order valence-electron chi connectivity index (χ1n) is 5.92. The van der Waals surface area contributed by atoms with E-state index < -0.39 is 0 Å². The van der Waals surface area contributed by atoms with Crippen LogP contribution in [0.5, 0.6) is 17.2 Å². The third kappa shape index (κ3) is 2.46. The Morgan fingerprint density at radius 1 is 1.26 bits per heavy atom. The van der Waals surface area contributed by atoms with Crippen molar-refractivity contribution in [1.82, 2.24) is 4.98 Å². The highest BCUT2D eigenvalue weighted by Gasteiger charge is 2.17. The highest BCUT2D eigenvalue weighted by atomic mass is 16.7. The molecule has 5 nitrogen and oxygen atoms in total. The lowest BCUT2D eigenvalue weighted by Crippen LogP contribution is -1.99. The Morgan fingerprint density at radius 3 is 2.84 bits per heavy atom. The average molecular weight is 259 g/mol. The Hall–Kier alpha value is -2.27. The molecule has 2 heterocycles. The molecule has 1 aromatic carbocycles. The van der Waals surface area contributed by atoms with Crippen LogP contribution >= 0.6 is 0 Å². The van der Waals surface area contributed by atoms with Crippen molar-refractivity contribution < 1.29 is 19.3 Å². The van der Waals surface area contributed by atoms with Crippen molar-refractivity contribution in [2.45, 2.75) is 13.2 Å². The molecule has 1 aliphatic rings. The van der Waals surface area contributed by atoms with Gasteiger partial charge >= 0.3 is 0 Å². The van der Waals surface area contributed by atoms with Gasteiger partial charge in [-0.2, -0.15) is 0 Å². The van der Waals surface area contributed by atoms with Crippen molar-refractivity contribution >= 4 is 0 Å². The molecule has 1 aliphatic heterocycles. The number of fused-ring (bicyclic) bond motifs is 1. The van der Waals surface area contributed by atoms with Crippen LogP contribution in [0.3, 0.4) is 0 Å². The monoisotopic (exact) mass is 259 g/mol. The number of benzene rings is 1. The van der Waals surface area contributed by atoms with Gasteiger partial charge < -0.3 is 19.3 Å². The molecule has 0 radical (unpaired) electrons. The van der Waals surface area contributed by atoms with E-state index in [1.165, 1.54) is 0 Å². The summed E-state index contributed by atoms with van der Waals surface area (Å²) in [7, 11) is 0. The van der Waals surface area contributed by atoms with Crippen LogP contribution in [-0.4, -0.2) is 16.9 Å². The lowest BCUT2D eigenvalue weighted by molar-refractivity contribution is 0.173. The van der Waals surface area contributed by atoms with Crippen LogP contribution in [0.25, 0.3) is 0 Å². The first-order chi connectivity index (χ1) is 9.36. The smallest absolute Gasteiger partial charge is 0.231 e. The van der Waals surface area contributed by atoms with Crippen molar-refractivity contribution in [3.63, 3.8) is 0 Å². The minimum atomic E-state index is -0.112. The van der Waals surface area contributed by atoms with Gasteiger partial charge in [0.25, 0.3) is 0 Å². The van der Waals surface area contributed by atoms with Crippen molar-refractivity contribution in [2.24, 2.45) is 0 Å². The average Bonchev–Trinajstić information content (AvgIpc) is 2.92. The summed E-state index contributed by atoms with van der Waals surface area (Å²) in [6.07, 6.45) is 3.45. The molecule has 0 saturated carbocycles. The molecular formula is C14H13NO4. The van der Waals surface area contributed by atoms with Gasteiger partial charge in [0.15, 0.2) is 11.5 Å². The Balaban J connectivity index is 1.80. The fraction of sp³-hybridized carbons (Fsp3) is 0.214. The van der Waals surface area contributed by atoms with Gasteiger partial charge in [-0.1, -0.05) is 6.07 Å². The van der Waals surface area contributed by atoms with Crippen LogP contribution < -0.4 is 14.2 Å². The van der Waals surface area contributed by atoms with Crippen LogP contribution in [-0.2, 0) is 13.2 Å². The summed E-state index contributed by atoms with van der Waals surface area (Å²) in [6, 6.07) is 7.26. The van der Waals surface area contributed by atoms with Crippen LogP contribution in [0.2, 0.25) is 0 Å². The van der Waals surface area contributed by atoms with Crippen LogP contribution in [0.4, 0.5) is 0 Å². The van der Waals surface area contributed by atoms with Gasteiger partial charge in [0.05, 0.1) is 6.61 Å². The molecule has 3 rings (SSSR count). The zero-order valence-corrected chi connectivity index (χ0v) is 10.2. The molecule has 2 aromatic rings. The van der Waals surface area contributed by atoms with Crippen molar-refractivity contribution in [2.75, 3.05) is 6.79 Å². The molecule has 0 unspecified atom stereocenters. The lowest BCUT2D eigenvalue weighted by Gasteiger charge is -2.11. The number of hydrogen-bond acceptors (Lipinski definition) is 5. The Kier molecular flexibility index (Phi) is 3.20. The summed E-state index contributed by atoms with van der Waals surface area (Å²) >= 11 is 0. The highest BCUT2D eigenvalue weighted by Crippen LogP contribution is 2.38. The standard InChI is InChI=1S/C14H13NO4/c16-7-11-4-13-14(19-9-18-13)5-12(11)17-8-10-2-1-3-15-6-10/h1-6,16H,7-9H2. The summed E-state index contributed by atoms with van der Waals surface area (Å²) in [5.41, 5.74) is 1.64. The Labute approximate surface area is 110 Å². The molecule has 0 atom stereocenters. The first-order valence-corrected chi connectivity index (χ1v) is 5.92. The number of pyridine rings is 1. The van der Waals surface area contributed by atoms with E-state index in [0.717, 1.165) is 5.56 Å². The SMILES string of the molecule is OCc1cc2c(cc1OCc1cccnc1)OCO2. The van der Waals surface area contributed by atoms with Gasteiger partial charge in [0.2, 0.25) is 6.79 Å². The minimum Gasteiger partial charge on any atom is -0.488 e. The van der Waals surface area contributed by atoms with E-state index in [0.29, 0.717) is 29.4 Å². The molecule has 1 N–H and O–H groups in total. The largest absolute Gasteiger partial charge is 0.488 e. The molecule has 1 aromatic heterocycles. The molecule has 0 aliphatic carbocycles. The maximum absolute atomic E-state index is 9.36. The highest BCUT2D eigenvalue weighted by molar-refractivity contribution is 5.51. The predicted molar refractivity (Wildman–Crippen MR) is 67.1 cm³/mol. The van der Waals surface area contributed by atoms with E-state index in [9.17, 15) is 5.11 Å². The number of aliphatic hydroxyl groups excluding tert-OH is 1. The minimum absolute atomic E-state index is 0.112. The fourth-order valence-electron chi connectivity index (χ4n) is 1.87. The van der Waals surface area contributed by atoms with Gasteiger partial charge in [0, 0.05) is 29.6 Å². The quantitative estimate of drug-likeness (QED) is 0.908. The first kappa shape index (κ1) is 11.8. The summed E-state index contributed by atoms with van der Waals surface area (Å²) in [5, 5.41) is 9.36. The maximum Gasteiger partial charge on any atom is 0.231 e. The van der Waals surface area contributed by atoms with Crippen molar-refractivity contribution in [3.05, 3.63) is 47.8 Å². The van der Waals surface area contributed by atoms with Crippen LogP contribution in [0, 0.1) is 0 Å². The molecule has 0 saturated heterocycles. The predicted octanol–water partition coefficient (Wildman–Crippen LogP) is 1.88. The normalized spacial score (nSPS) is 12.5. The molecule has 5 heteroatoms. The Bertz CT molecular complexity index is 571. The summed E-state index contributed by atoms with van der Waals surface area (Å²) < 4.78 is 16.3. The number of rotatable bonds is 4. The summed E-state index contributed by atoms with van der Waals surface area (Å²) in [6.45, 7) is 0.478. The summed E-state index contributed by atoms with van der Waals surface area (Å²) in [5.74, 6) is 1.87. The van der Waals surface area contributed by atoms with E-state index in [1.54, 1.807) is 24.5 Å². The van der Waals surface area contributed by atoms with E-state index in [2.05, 4.69) is 4.98 Å². The second kappa shape index (κ2) is 5.16. The maximum atomic E-state index is 9.36. The summed E-state index contributed by atoms with van der Waals surface area (Å²) in [4.78, 5) is 4.02. The number of nitrogens with zero attached hydrogens (tertiary/aromatic N) is 1. The van der Waals surface area contributed by atoms with Gasteiger partial charge in [0.1, 0.15) is 12.4 Å². The molecule has 19 heavy (non-hydrogen) atoms. The fourth-order valence-corrected chi connectivity index (χ4v) is 1.87. The number of aliphatic hydroxyl groups is 1. The molecule has 0 bridgehead atoms. The van der Waals surface area contributed by atoms with Crippen LogP contribution in [0.15, 0.2) is 36.7 Å². The number of aromatic nitrogens is 1. The number of ether oxygens (including phenoxy) is 3. The lowest BCUT2D eigenvalue weighted by atomic mass is 10.2. The third-order valence-corrected chi connectivity index (χ3v) is 2.84. The van der Waals surface area contributed by atoms with Gasteiger partial charge in [-0.15, -0.1) is 0 Å². The molecule has 0 spiro atoms. The van der Waals surface area contributed by atoms with E-state index in [4.69, 9.17) is 14.2 Å². The van der Waals surface area contributed by atoms with Gasteiger partial charge in [-0.3, -0.25) is 4.98 Å². The molecule has 98 valence electrons. The zero-order valence-electron chi connectivity index (χ0n) is 10.2. The second-order valence-electron chi connectivity index (χ2n) is 4.12. The van der Waals surface area contributed by atoms with E-state index in [-0.39, 0.29) is 13.4 Å². The van der Waals surface area contributed by atoms with E-state index >= 15 is 0 Å². The van der Waals surface area contributed by atoms with Crippen LogP contribution in [0.1, 0.15) is 11.1 Å². The second-order valence-corrected chi connectivity index (χ2v) is 4.12. The third-order valence-electron chi connectivity index (χ3n) is 2.84. The van der Waals surface area contributed by atoms with Gasteiger partial charge in [-0.05, 0) is 12.1 Å². The van der Waals surface area contributed by atoms with Crippen molar-refractivity contribution in [3.8, 4) is 17.2 Å². The zero-order chi connectivity index (χ0) is 13.1.